The van der Waals surface area contributed by atoms with Gasteiger partial charge < -0.3 is 15.5 Å². The van der Waals surface area contributed by atoms with Gasteiger partial charge in [0.2, 0.25) is 0 Å². The molecule has 2 heterocycles. The van der Waals surface area contributed by atoms with Crippen molar-refractivity contribution in [3.63, 3.8) is 0 Å². The van der Waals surface area contributed by atoms with Gasteiger partial charge in [0.05, 0.1) is 17.6 Å². The summed E-state index contributed by atoms with van der Waals surface area (Å²) in [4.78, 5) is 16.8. The predicted molar refractivity (Wildman–Crippen MR) is 90.8 cm³/mol. The molecule has 5 nitrogen and oxygen atoms in total. The van der Waals surface area contributed by atoms with Crippen molar-refractivity contribution in [2.45, 2.75) is 37.8 Å². The maximum atomic E-state index is 12.4. The maximum Gasteiger partial charge on any atom is 0.255 e. The number of rotatable bonds is 4. The zero-order chi connectivity index (χ0) is 14.0. The second-order valence-corrected chi connectivity index (χ2v) is 5.98. The van der Waals surface area contributed by atoms with Gasteiger partial charge in [0.25, 0.3) is 5.91 Å². The lowest BCUT2D eigenvalue weighted by Crippen LogP contribution is -2.43. The first-order valence-electron chi connectivity index (χ1n) is 6.73. The van der Waals surface area contributed by atoms with Crippen molar-refractivity contribution in [2.24, 2.45) is 5.73 Å². The molecule has 8 heteroatoms. The summed E-state index contributed by atoms with van der Waals surface area (Å²) in [7, 11) is 0. The molecule has 3 N–H and O–H groups in total. The molecule has 1 amide bonds. The fraction of sp³-hybridized carbons (Fsp3) is 0.429. The Labute approximate surface area is 145 Å². The highest BCUT2D eigenvalue weighted by atomic mass is 35.5. The lowest BCUT2D eigenvalue weighted by molar-refractivity contribution is 0.0897. The highest BCUT2D eigenvalue weighted by Gasteiger charge is 2.39. The van der Waals surface area contributed by atoms with Crippen LogP contribution in [0.5, 0.6) is 0 Å². The monoisotopic (exact) mass is 363 g/mol. The molecule has 1 saturated carbocycles. The van der Waals surface area contributed by atoms with Crippen molar-refractivity contribution in [1.29, 1.82) is 0 Å². The van der Waals surface area contributed by atoms with Crippen molar-refractivity contribution < 1.29 is 9.21 Å². The molecular weight excluding hydrogens is 345 g/mol. The molecule has 1 aliphatic carbocycles. The van der Waals surface area contributed by atoms with Crippen LogP contribution in [0.1, 0.15) is 46.8 Å². The molecule has 2 aromatic rings. The summed E-state index contributed by atoms with van der Waals surface area (Å²) in [6.45, 7) is 0.297. The molecule has 1 aliphatic rings. The van der Waals surface area contributed by atoms with Gasteiger partial charge in [-0.25, -0.2) is 4.98 Å². The van der Waals surface area contributed by atoms with E-state index in [1.807, 2.05) is 5.38 Å². The fourth-order valence-corrected chi connectivity index (χ4v) is 3.58. The van der Waals surface area contributed by atoms with Crippen LogP contribution in [0.4, 0.5) is 0 Å². The quantitative estimate of drug-likeness (QED) is 0.873. The van der Waals surface area contributed by atoms with Crippen LogP contribution in [0.15, 0.2) is 28.3 Å². The summed E-state index contributed by atoms with van der Waals surface area (Å²) in [6, 6.07) is 1.69. The molecule has 0 unspecified atom stereocenters. The van der Waals surface area contributed by atoms with E-state index in [0.29, 0.717) is 17.9 Å². The van der Waals surface area contributed by atoms with Gasteiger partial charge in [-0.15, -0.1) is 36.2 Å². The van der Waals surface area contributed by atoms with Crippen LogP contribution < -0.4 is 11.1 Å². The Morgan fingerprint density at radius 1 is 1.41 bits per heavy atom. The molecule has 2 aromatic heterocycles. The lowest BCUT2D eigenvalue weighted by atomic mass is 9.98. The Hall–Kier alpha value is -1.08. The Kier molecular flexibility index (Phi) is 6.87. The Morgan fingerprint density at radius 2 is 2.14 bits per heavy atom. The van der Waals surface area contributed by atoms with Crippen LogP contribution >= 0.6 is 36.2 Å². The molecule has 0 atom stereocenters. The summed E-state index contributed by atoms with van der Waals surface area (Å²) in [5.41, 5.74) is 5.70. The molecule has 0 aliphatic heterocycles. The zero-order valence-electron chi connectivity index (χ0n) is 11.9. The highest BCUT2D eigenvalue weighted by molar-refractivity contribution is 7.09. The maximum absolute atomic E-state index is 12.4. The Bertz CT molecular complexity index is 595. The number of hydrogen-bond donors (Lipinski definition) is 2. The zero-order valence-corrected chi connectivity index (χ0v) is 14.4. The molecular formula is C14H19Cl2N3O2S. The topological polar surface area (TPSA) is 81.2 Å². The first-order valence-corrected chi connectivity index (χ1v) is 7.61. The van der Waals surface area contributed by atoms with Crippen molar-refractivity contribution >= 4 is 42.1 Å². The van der Waals surface area contributed by atoms with Crippen LogP contribution in [0.25, 0.3) is 0 Å². The Morgan fingerprint density at radius 3 is 2.68 bits per heavy atom. The second-order valence-electron chi connectivity index (χ2n) is 5.09. The number of furan rings is 1. The number of carbonyl (C=O) groups excluding carboxylic acids is 1. The van der Waals surface area contributed by atoms with E-state index in [1.54, 1.807) is 23.6 Å². The van der Waals surface area contributed by atoms with E-state index >= 15 is 0 Å². The summed E-state index contributed by atoms with van der Waals surface area (Å²) in [5, 5.41) is 6.10. The molecule has 0 bridgehead atoms. The average molecular weight is 364 g/mol. The molecule has 0 spiro atoms. The molecule has 0 radical (unpaired) electrons. The highest BCUT2D eigenvalue weighted by Crippen LogP contribution is 2.39. The van der Waals surface area contributed by atoms with E-state index in [4.69, 9.17) is 10.2 Å². The Balaban J connectivity index is 0.00000121. The van der Waals surface area contributed by atoms with Crippen LogP contribution in [0, 0.1) is 0 Å². The first kappa shape index (κ1) is 19.0. The number of thiazole rings is 1. The average Bonchev–Trinajstić information content (AvgIpc) is 3.19. The smallest absolute Gasteiger partial charge is 0.255 e. The minimum atomic E-state index is -0.314. The summed E-state index contributed by atoms with van der Waals surface area (Å²) in [5.74, 6) is 0.496. The molecule has 3 rings (SSSR count). The van der Waals surface area contributed by atoms with Gasteiger partial charge in [-0.2, -0.15) is 0 Å². The SMILES string of the molecule is Cl.Cl.NCc1cc(C(=O)NC2(c3nccs3)CCCC2)co1. The molecule has 1 fully saturated rings. The van der Waals surface area contributed by atoms with Gasteiger partial charge in [0.15, 0.2) is 0 Å². The van der Waals surface area contributed by atoms with E-state index in [1.165, 1.54) is 6.26 Å². The van der Waals surface area contributed by atoms with E-state index < -0.39 is 0 Å². The number of halogens is 2. The number of amides is 1. The lowest BCUT2D eigenvalue weighted by Gasteiger charge is -2.27. The molecule has 0 aromatic carbocycles. The summed E-state index contributed by atoms with van der Waals surface area (Å²) in [6.07, 6.45) is 7.35. The van der Waals surface area contributed by atoms with Gasteiger partial charge >= 0.3 is 0 Å². The fourth-order valence-electron chi connectivity index (χ4n) is 2.73. The number of carbonyl (C=O) groups is 1. The standard InChI is InChI=1S/C14H17N3O2S.2ClH/c15-8-11-7-10(9-19-11)12(18)17-14(3-1-2-4-14)13-16-5-6-20-13;;/h5-7,9H,1-4,8,15H2,(H,17,18);2*1H. The van der Waals surface area contributed by atoms with Gasteiger partial charge in [-0.3, -0.25) is 4.79 Å². The largest absolute Gasteiger partial charge is 0.467 e. The van der Waals surface area contributed by atoms with Crippen LogP contribution in [0.2, 0.25) is 0 Å². The van der Waals surface area contributed by atoms with Crippen molar-refractivity contribution in [2.75, 3.05) is 0 Å². The van der Waals surface area contributed by atoms with E-state index in [2.05, 4.69) is 10.3 Å². The van der Waals surface area contributed by atoms with Crippen molar-refractivity contribution in [3.8, 4) is 0 Å². The van der Waals surface area contributed by atoms with Crippen molar-refractivity contribution in [1.82, 2.24) is 10.3 Å². The predicted octanol–water partition coefficient (Wildman–Crippen LogP) is 3.24. The van der Waals surface area contributed by atoms with Crippen LogP contribution in [0.3, 0.4) is 0 Å². The van der Waals surface area contributed by atoms with Gasteiger partial charge in [0, 0.05) is 11.6 Å². The van der Waals surface area contributed by atoms with Crippen LogP contribution in [-0.4, -0.2) is 10.9 Å². The number of hydrogen-bond acceptors (Lipinski definition) is 5. The number of aromatic nitrogens is 1. The summed E-state index contributed by atoms with van der Waals surface area (Å²) >= 11 is 1.60. The van der Waals surface area contributed by atoms with Gasteiger partial charge in [-0.05, 0) is 18.9 Å². The third-order valence-electron chi connectivity index (χ3n) is 3.77. The van der Waals surface area contributed by atoms with E-state index in [-0.39, 0.29) is 36.3 Å². The molecule has 122 valence electrons. The van der Waals surface area contributed by atoms with Gasteiger partial charge in [0.1, 0.15) is 17.0 Å². The van der Waals surface area contributed by atoms with E-state index in [9.17, 15) is 4.79 Å². The third-order valence-corrected chi connectivity index (χ3v) is 4.75. The van der Waals surface area contributed by atoms with Gasteiger partial charge in [-0.1, -0.05) is 12.8 Å². The minimum Gasteiger partial charge on any atom is -0.467 e. The minimum absolute atomic E-state index is 0. The number of nitrogens with one attached hydrogen (secondary N) is 1. The number of nitrogens with zero attached hydrogens (tertiary/aromatic N) is 1. The first-order chi connectivity index (χ1) is 9.73. The molecule has 22 heavy (non-hydrogen) atoms. The van der Waals surface area contributed by atoms with Crippen LogP contribution in [-0.2, 0) is 12.1 Å². The normalized spacial score (nSPS) is 15.7. The third kappa shape index (κ3) is 3.63. The van der Waals surface area contributed by atoms with E-state index in [0.717, 1.165) is 30.7 Å². The molecule has 0 saturated heterocycles. The number of nitrogens with two attached hydrogens (primary N) is 1. The van der Waals surface area contributed by atoms with Crippen molar-refractivity contribution in [3.05, 3.63) is 40.2 Å². The summed E-state index contributed by atoms with van der Waals surface area (Å²) < 4.78 is 5.22. The second kappa shape index (κ2) is 7.97.